The summed E-state index contributed by atoms with van der Waals surface area (Å²) < 4.78 is 0. The predicted molar refractivity (Wildman–Crippen MR) is 90.7 cm³/mol. The van der Waals surface area contributed by atoms with Crippen LogP contribution in [0.25, 0.3) is 0 Å². The largest absolute Gasteiger partial charge is 0.353 e. The third-order valence-electron chi connectivity index (χ3n) is 3.72. The van der Waals surface area contributed by atoms with Crippen molar-refractivity contribution in [1.82, 2.24) is 5.32 Å². The summed E-state index contributed by atoms with van der Waals surface area (Å²) in [6.45, 7) is 8.38. The summed E-state index contributed by atoms with van der Waals surface area (Å²) in [5.74, 6) is 0.136. The Bertz CT molecular complexity index is 482. The highest BCUT2D eigenvalue weighted by atomic mass is 32.2. The lowest BCUT2D eigenvalue weighted by Crippen LogP contribution is -2.37. The van der Waals surface area contributed by atoms with Gasteiger partial charge in [-0.25, -0.2) is 0 Å². The van der Waals surface area contributed by atoms with Gasteiger partial charge in [0, 0.05) is 16.2 Å². The molecule has 1 N–H and O–H groups in total. The van der Waals surface area contributed by atoms with E-state index >= 15 is 0 Å². The highest BCUT2D eigenvalue weighted by molar-refractivity contribution is 7.99. The van der Waals surface area contributed by atoms with Crippen LogP contribution < -0.4 is 5.32 Å². The average molecular weight is 303 g/mol. The summed E-state index contributed by atoms with van der Waals surface area (Å²) in [5.41, 5.74) is 2.40. The number of hydrogen-bond acceptors (Lipinski definition) is 2. The van der Waals surface area contributed by atoms with Crippen LogP contribution in [0.3, 0.4) is 0 Å². The number of allylic oxidation sites excluding steroid dienone is 1. The van der Waals surface area contributed by atoms with Gasteiger partial charge in [0.05, 0.1) is 6.42 Å². The zero-order valence-electron chi connectivity index (χ0n) is 13.0. The number of rotatable bonds is 5. The second-order valence-corrected chi connectivity index (χ2v) is 7.73. The van der Waals surface area contributed by atoms with E-state index in [2.05, 4.69) is 50.0 Å². The zero-order valence-corrected chi connectivity index (χ0v) is 13.8. The van der Waals surface area contributed by atoms with Gasteiger partial charge in [-0.15, -0.1) is 11.8 Å². The van der Waals surface area contributed by atoms with Crippen LogP contribution in [0.15, 0.2) is 41.3 Å². The molecule has 1 aliphatic rings. The van der Waals surface area contributed by atoms with Crippen molar-refractivity contribution in [3.63, 3.8) is 0 Å². The second-order valence-electron chi connectivity index (χ2n) is 6.08. The molecule has 1 aromatic carbocycles. The highest BCUT2D eigenvalue weighted by Gasteiger charge is 2.17. The van der Waals surface area contributed by atoms with Crippen molar-refractivity contribution >= 4 is 17.7 Å². The van der Waals surface area contributed by atoms with Crippen LogP contribution in [-0.4, -0.2) is 17.2 Å². The van der Waals surface area contributed by atoms with Crippen molar-refractivity contribution in [1.29, 1.82) is 0 Å². The van der Waals surface area contributed by atoms with Gasteiger partial charge in [0.1, 0.15) is 0 Å². The molecule has 0 saturated heterocycles. The molecule has 2 nitrogen and oxygen atoms in total. The number of nitrogens with one attached hydrogen (secondary N) is 1. The Balaban J connectivity index is 1.80. The first-order valence-electron chi connectivity index (χ1n) is 7.74. The minimum atomic E-state index is 0.136. The van der Waals surface area contributed by atoms with Crippen LogP contribution in [0.5, 0.6) is 0 Å². The van der Waals surface area contributed by atoms with E-state index in [1.165, 1.54) is 10.5 Å². The maximum absolute atomic E-state index is 12.1. The van der Waals surface area contributed by atoms with Crippen LogP contribution in [0.2, 0.25) is 0 Å². The first-order chi connectivity index (χ1) is 10.0. The predicted octanol–water partition coefficient (Wildman–Crippen LogP) is 4.34. The first-order valence-corrected chi connectivity index (χ1v) is 8.62. The van der Waals surface area contributed by atoms with Crippen LogP contribution in [0.4, 0.5) is 0 Å². The maximum atomic E-state index is 12.1. The fourth-order valence-electron chi connectivity index (χ4n) is 2.59. The third-order valence-corrected chi connectivity index (χ3v) is 4.73. The number of carbonyl (C=O) groups is 1. The lowest BCUT2D eigenvalue weighted by Gasteiger charge is -2.24. The Morgan fingerprint density at radius 1 is 1.29 bits per heavy atom. The first kappa shape index (κ1) is 16.2. The molecule has 0 heterocycles. The molecule has 0 unspecified atom stereocenters. The molecule has 0 atom stereocenters. The summed E-state index contributed by atoms with van der Waals surface area (Å²) in [6.07, 6.45) is 4.64. The number of benzene rings is 1. The van der Waals surface area contributed by atoms with E-state index in [9.17, 15) is 4.79 Å². The summed E-state index contributed by atoms with van der Waals surface area (Å²) in [4.78, 5) is 13.3. The molecule has 21 heavy (non-hydrogen) atoms. The van der Waals surface area contributed by atoms with E-state index in [-0.39, 0.29) is 5.91 Å². The van der Waals surface area contributed by atoms with Gasteiger partial charge < -0.3 is 5.32 Å². The van der Waals surface area contributed by atoms with Crippen molar-refractivity contribution in [2.45, 2.75) is 62.1 Å². The van der Waals surface area contributed by atoms with Gasteiger partial charge in [-0.1, -0.05) is 38.1 Å². The van der Waals surface area contributed by atoms with E-state index in [1.807, 2.05) is 11.8 Å². The maximum Gasteiger partial charge on any atom is 0.224 e. The molecule has 0 spiro atoms. The SMILES string of the molecule is C=C1CCC(NC(=O)Cc2ccc(SC(C)C)cc2)CC1. The van der Waals surface area contributed by atoms with Gasteiger partial charge in [0.15, 0.2) is 0 Å². The van der Waals surface area contributed by atoms with E-state index in [0.29, 0.717) is 17.7 Å². The Hall–Kier alpha value is -1.22. The molecule has 0 aromatic heterocycles. The van der Waals surface area contributed by atoms with Crippen LogP contribution >= 0.6 is 11.8 Å². The molecule has 0 radical (unpaired) electrons. The van der Waals surface area contributed by atoms with E-state index < -0.39 is 0 Å². The number of hydrogen-bond donors (Lipinski definition) is 1. The zero-order chi connectivity index (χ0) is 15.2. The van der Waals surface area contributed by atoms with Crippen molar-refractivity contribution in [2.24, 2.45) is 0 Å². The van der Waals surface area contributed by atoms with Crippen LogP contribution in [0, 0.1) is 0 Å². The number of thioether (sulfide) groups is 1. The summed E-state index contributed by atoms with van der Waals surface area (Å²) in [6, 6.07) is 8.68. The fraction of sp³-hybridized carbons (Fsp3) is 0.500. The lowest BCUT2D eigenvalue weighted by atomic mass is 9.92. The molecule has 3 heteroatoms. The standard InChI is InChI=1S/C18H25NOS/c1-13(2)21-17-10-6-15(7-11-17)12-18(20)19-16-8-4-14(3)5-9-16/h6-7,10-11,13,16H,3-5,8-9,12H2,1-2H3,(H,19,20). The smallest absolute Gasteiger partial charge is 0.224 e. The lowest BCUT2D eigenvalue weighted by molar-refractivity contribution is -0.121. The normalized spacial score (nSPS) is 16.2. The van der Waals surface area contributed by atoms with Gasteiger partial charge in [-0.3, -0.25) is 4.79 Å². The molecule has 1 amide bonds. The van der Waals surface area contributed by atoms with Crippen LogP contribution in [-0.2, 0) is 11.2 Å². The van der Waals surface area contributed by atoms with E-state index in [1.54, 1.807) is 0 Å². The Morgan fingerprint density at radius 2 is 1.90 bits per heavy atom. The minimum Gasteiger partial charge on any atom is -0.353 e. The van der Waals surface area contributed by atoms with Crippen molar-refractivity contribution in [3.8, 4) is 0 Å². The quantitative estimate of drug-likeness (QED) is 0.647. The van der Waals surface area contributed by atoms with Gasteiger partial charge in [-0.2, -0.15) is 0 Å². The highest BCUT2D eigenvalue weighted by Crippen LogP contribution is 2.23. The fourth-order valence-corrected chi connectivity index (χ4v) is 3.43. The average Bonchev–Trinajstić information content (AvgIpc) is 2.43. The molecular weight excluding hydrogens is 278 g/mol. The summed E-state index contributed by atoms with van der Waals surface area (Å²) >= 11 is 1.85. The van der Waals surface area contributed by atoms with Crippen molar-refractivity contribution < 1.29 is 4.79 Å². The molecule has 2 rings (SSSR count). The van der Waals surface area contributed by atoms with E-state index in [0.717, 1.165) is 31.2 Å². The van der Waals surface area contributed by atoms with E-state index in [4.69, 9.17) is 0 Å². The second kappa shape index (κ2) is 7.69. The molecule has 1 aliphatic carbocycles. The monoisotopic (exact) mass is 303 g/mol. The van der Waals surface area contributed by atoms with Gasteiger partial charge in [0.25, 0.3) is 0 Å². The van der Waals surface area contributed by atoms with Gasteiger partial charge in [-0.05, 0) is 43.4 Å². The molecule has 0 bridgehead atoms. The van der Waals surface area contributed by atoms with Crippen LogP contribution in [0.1, 0.15) is 45.1 Å². The van der Waals surface area contributed by atoms with Gasteiger partial charge in [0.2, 0.25) is 5.91 Å². The summed E-state index contributed by atoms with van der Waals surface area (Å²) in [5, 5.41) is 3.73. The molecule has 1 fully saturated rings. The topological polar surface area (TPSA) is 29.1 Å². The molecular formula is C18H25NOS. The molecule has 0 aliphatic heterocycles. The minimum absolute atomic E-state index is 0.136. The molecule has 1 saturated carbocycles. The summed E-state index contributed by atoms with van der Waals surface area (Å²) in [7, 11) is 0. The third kappa shape index (κ3) is 5.58. The number of carbonyl (C=O) groups excluding carboxylic acids is 1. The Kier molecular flexibility index (Phi) is 5.92. The van der Waals surface area contributed by atoms with Crippen molar-refractivity contribution in [3.05, 3.63) is 42.0 Å². The molecule has 114 valence electrons. The van der Waals surface area contributed by atoms with Gasteiger partial charge >= 0.3 is 0 Å². The number of amides is 1. The molecule has 1 aromatic rings. The Labute approximate surface area is 132 Å². The van der Waals surface area contributed by atoms with Crippen molar-refractivity contribution in [2.75, 3.05) is 0 Å². The Morgan fingerprint density at radius 3 is 2.48 bits per heavy atom.